The molecule has 3 heterocycles. The largest absolute Gasteiger partial charge is 0.394 e. The molecule has 1 aliphatic heterocycles. The van der Waals surface area contributed by atoms with E-state index in [9.17, 15) is 14.7 Å². The number of amides is 2. The van der Waals surface area contributed by atoms with Gasteiger partial charge in [0.05, 0.1) is 31.1 Å². The number of aryl methyl sites for hydroxylation is 3. The number of nitrogens with zero attached hydrogens (tertiary/aromatic N) is 4. The summed E-state index contributed by atoms with van der Waals surface area (Å²) in [6.45, 7) is 8.13. The van der Waals surface area contributed by atoms with Crippen LogP contribution in [-0.2, 0) is 18.4 Å². The summed E-state index contributed by atoms with van der Waals surface area (Å²) in [6, 6.07) is 15.6. The van der Waals surface area contributed by atoms with Gasteiger partial charge in [-0.2, -0.15) is 0 Å². The van der Waals surface area contributed by atoms with Gasteiger partial charge < -0.3 is 28.7 Å². The van der Waals surface area contributed by atoms with Crippen LogP contribution in [0.1, 0.15) is 51.7 Å². The Kier molecular flexibility index (Phi) is 8.02. The fourth-order valence-electron chi connectivity index (χ4n) is 5.86. The molecule has 2 amide bonds. The first-order chi connectivity index (χ1) is 19.6. The van der Waals surface area contributed by atoms with Crippen LogP contribution >= 0.6 is 0 Å². The van der Waals surface area contributed by atoms with Crippen molar-refractivity contribution in [1.82, 2.24) is 19.5 Å². The molecule has 0 saturated heterocycles. The van der Waals surface area contributed by atoms with Crippen LogP contribution in [0.15, 0.2) is 53.1 Å². The number of aromatic nitrogens is 2. The quantitative estimate of drug-likeness (QED) is 0.385. The first kappa shape index (κ1) is 28.6. The summed E-state index contributed by atoms with van der Waals surface area (Å²) >= 11 is 0. The summed E-state index contributed by atoms with van der Waals surface area (Å²) in [6.07, 6.45) is -0.392. The van der Waals surface area contributed by atoms with Gasteiger partial charge >= 0.3 is 0 Å². The molecule has 0 bridgehead atoms. The fourth-order valence-corrected chi connectivity index (χ4v) is 5.86. The highest BCUT2D eigenvalue weighted by Crippen LogP contribution is 2.38. The van der Waals surface area contributed by atoms with Gasteiger partial charge in [0.25, 0.3) is 11.8 Å². The molecule has 0 unspecified atom stereocenters. The lowest BCUT2D eigenvalue weighted by molar-refractivity contribution is -0.0210. The van der Waals surface area contributed by atoms with E-state index in [1.165, 1.54) is 0 Å². The van der Waals surface area contributed by atoms with E-state index in [0.29, 0.717) is 42.4 Å². The Bertz CT molecular complexity index is 1570. The molecule has 0 fully saturated rings. The number of aliphatic hydroxyl groups excluding tert-OH is 1. The maximum Gasteiger partial charge on any atom is 0.271 e. The molecule has 1 N–H and O–H groups in total. The number of likely N-dealkylation sites (N-methyl/N-ethyl adjacent to an activating group) is 1. The number of fused-ring (bicyclic) bond motifs is 5. The van der Waals surface area contributed by atoms with Gasteiger partial charge in [0, 0.05) is 49.6 Å². The molecule has 5 rings (SSSR count). The van der Waals surface area contributed by atoms with Crippen molar-refractivity contribution < 1.29 is 24.0 Å². The highest BCUT2D eigenvalue weighted by atomic mass is 16.5. The molecule has 2 aromatic carbocycles. The molecule has 9 heteroatoms. The molecule has 4 aromatic rings. The van der Waals surface area contributed by atoms with E-state index in [4.69, 9.17) is 9.26 Å². The first-order valence-electron chi connectivity index (χ1n) is 14.0. The molecule has 41 heavy (non-hydrogen) atoms. The Balaban J connectivity index is 1.60. The van der Waals surface area contributed by atoms with Crippen LogP contribution in [0.5, 0.6) is 0 Å². The number of para-hydroxylation sites is 1. The maximum absolute atomic E-state index is 14.5. The van der Waals surface area contributed by atoms with Gasteiger partial charge in [-0.05, 0) is 38.0 Å². The molecule has 1 aliphatic rings. The molecular weight excluding hydrogens is 520 g/mol. The van der Waals surface area contributed by atoms with Crippen molar-refractivity contribution in [3.8, 4) is 11.1 Å². The number of carbonyl (C=O) groups excluding carboxylic acids is 2. The van der Waals surface area contributed by atoms with Crippen molar-refractivity contribution in [3.05, 3.63) is 76.8 Å². The third kappa shape index (κ3) is 5.15. The lowest BCUT2D eigenvalue weighted by Gasteiger charge is -2.35. The summed E-state index contributed by atoms with van der Waals surface area (Å²) in [5.74, 6) is -0.0236. The van der Waals surface area contributed by atoms with Crippen molar-refractivity contribution in [3.63, 3.8) is 0 Å². The van der Waals surface area contributed by atoms with Gasteiger partial charge in [-0.25, -0.2) is 0 Å². The average Bonchev–Trinajstić information content (AvgIpc) is 3.46. The number of aliphatic hydroxyl groups is 1. The van der Waals surface area contributed by atoms with Crippen LogP contribution in [0.3, 0.4) is 0 Å². The Morgan fingerprint density at radius 2 is 1.88 bits per heavy atom. The average molecular weight is 559 g/mol. The second kappa shape index (κ2) is 11.5. The van der Waals surface area contributed by atoms with E-state index >= 15 is 0 Å². The minimum absolute atomic E-state index is 0.150. The molecule has 2 aromatic heterocycles. The van der Waals surface area contributed by atoms with Crippen molar-refractivity contribution in [2.24, 2.45) is 13.0 Å². The standard InChI is InChI=1S/C32H38N4O5/c1-19-15-36(20(2)17-37)32(39)30-29(25-13-9-10-14-26(25)35(30)6)24-12-8-7-11-23(24)18-40-27(19)16-34(5)31(38)28-21(3)33-41-22(28)4/h7-14,19-20,27,37H,15-18H2,1-6H3/t19-,20-,27-/m0/s1. The number of hydrogen-bond donors (Lipinski definition) is 1. The molecule has 216 valence electrons. The van der Waals surface area contributed by atoms with Crippen LogP contribution in [0, 0.1) is 19.8 Å². The Morgan fingerprint density at radius 3 is 2.59 bits per heavy atom. The lowest BCUT2D eigenvalue weighted by atomic mass is 9.96. The number of benzene rings is 2. The second-order valence-corrected chi connectivity index (χ2v) is 11.2. The third-order valence-corrected chi connectivity index (χ3v) is 8.27. The zero-order valence-electron chi connectivity index (χ0n) is 24.5. The van der Waals surface area contributed by atoms with Crippen molar-refractivity contribution >= 4 is 22.7 Å². The predicted octanol–water partition coefficient (Wildman–Crippen LogP) is 4.58. The molecule has 9 nitrogen and oxygen atoms in total. The molecule has 0 saturated carbocycles. The zero-order valence-corrected chi connectivity index (χ0v) is 24.5. The van der Waals surface area contributed by atoms with Gasteiger partial charge in [0.2, 0.25) is 0 Å². The topological polar surface area (TPSA) is 101 Å². The fraction of sp³-hybridized carbons (Fsp3) is 0.406. The number of ether oxygens (including phenoxy) is 1. The van der Waals surface area contributed by atoms with Crippen molar-refractivity contribution in [2.45, 2.75) is 46.4 Å². The van der Waals surface area contributed by atoms with E-state index in [1.54, 1.807) is 30.7 Å². The van der Waals surface area contributed by atoms with Crippen molar-refractivity contribution in [1.29, 1.82) is 0 Å². The van der Waals surface area contributed by atoms with E-state index in [2.05, 4.69) is 5.16 Å². The van der Waals surface area contributed by atoms with Crippen LogP contribution in [0.25, 0.3) is 22.0 Å². The summed E-state index contributed by atoms with van der Waals surface area (Å²) < 4.78 is 13.8. The van der Waals surface area contributed by atoms with Gasteiger partial charge in [-0.15, -0.1) is 0 Å². The normalized spacial score (nSPS) is 18.5. The van der Waals surface area contributed by atoms with Crippen LogP contribution in [0.2, 0.25) is 0 Å². The summed E-state index contributed by atoms with van der Waals surface area (Å²) in [7, 11) is 3.66. The molecule has 0 spiro atoms. The molecule has 0 aliphatic carbocycles. The smallest absolute Gasteiger partial charge is 0.271 e. The van der Waals surface area contributed by atoms with Gasteiger partial charge in [0.15, 0.2) is 0 Å². The highest BCUT2D eigenvalue weighted by Gasteiger charge is 2.34. The summed E-state index contributed by atoms with van der Waals surface area (Å²) in [5.41, 5.74) is 5.28. The van der Waals surface area contributed by atoms with Crippen molar-refractivity contribution in [2.75, 3.05) is 26.7 Å². The Morgan fingerprint density at radius 1 is 1.17 bits per heavy atom. The van der Waals surface area contributed by atoms with Gasteiger partial charge in [-0.1, -0.05) is 54.5 Å². The predicted molar refractivity (Wildman–Crippen MR) is 157 cm³/mol. The van der Waals surface area contributed by atoms with Crippen LogP contribution in [-0.4, -0.2) is 75.3 Å². The number of hydrogen-bond acceptors (Lipinski definition) is 6. The molecular formula is C32H38N4O5. The molecule has 0 radical (unpaired) electrons. The highest BCUT2D eigenvalue weighted by molar-refractivity contribution is 6.10. The van der Waals surface area contributed by atoms with Gasteiger partial charge in [-0.3, -0.25) is 9.59 Å². The molecule has 3 atom stereocenters. The van der Waals surface area contributed by atoms with E-state index in [0.717, 1.165) is 27.6 Å². The lowest BCUT2D eigenvalue weighted by Crippen LogP contribution is -2.48. The summed E-state index contributed by atoms with van der Waals surface area (Å²) in [5, 5.41) is 15.1. The third-order valence-electron chi connectivity index (χ3n) is 8.27. The van der Waals surface area contributed by atoms with Gasteiger partial charge in [0.1, 0.15) is 17.0 Å². The zero-order chi connectivity index (χ0) is 29.4. The minimum Gasteiger partial charge on any atom is -0.394 e. The first-order valence-corrected chi connectivity index (χ1v) is 14.0. The van der Waals surface area contributed by atoms with E-state index < -0.39 is 12.1 Å². The van der Waals surface area contributed by atoms with E-state index in [-0.39, 0.29) is 24.3 Å². The SMILES string of the molecule is Cc1noc(C)c1C(=O)N(C)C[C@@H]1OCc2ccccc2-c2c(n(C)c3ccccc23)C(=O)N([C@@H](C)CO)C[C@@H]1C. The van der Waals surface area contributed by atoms with Crippen LogP contribution < -0.4 is 0 Å². The maximum atomic E-state index is 14.5. The number of carbonyl (C=O) groups is 2. The summed E-state index contributed by atoms with van der Waals surface area (Å²) in [4.78, 5) is 31.2. The monoisotopic (exact) mass is 558 g/mol. The van der Waals surface area contributed by atoms with E-state index in [1.807, 2.05) is 74.0 Å². The van der Waals surface area contributed by atoms with Crippen LogP contribution in [0.4, 0.5) is 0 Å². The minimum atomic E-state index is -0.422. The Labute approximate surface area is 240 Å². The number of rotatable bonds is 5. The second-order valence-electron chi connectivity index (χ2n) is 11.2. The Hall–Kier alpha value is -3.95.